The number of aryl methyl sites for hydroxylation is 1. The van der Waals surface area contributed by atoms with Crippen LogP contribution >= 0.6 is 11.6 Å². The zero-order valence-corrected chi connectivity index (χ0v) is 16.5. The first-order valence-electron chi connectivity index (χ1n) is 7.84. The number of anilines is 1. The van der Waals surface area contributed by atoms with E-state index in [2.05, 4.69) is 44.1 Å². The molecule has 0 spiro atoms. The maximum absolute atomic E-state index is 11.3. The van der Waals surface area contributed by atoms with E-state index < -0.39 is 6.09 Å². The van der Waals surface area contributed by atoms with Gasteiger partial charge in [-0.05, 0) is 0 Å². The average Bonchev–Trinajstić information content (AvgIpc) is 3.15. The van der Waals surface area contributed by atoms with Gasteiger partial charge in [-0.25, -0.2) is 0 Å². The first kappa shape index (κ1) is 17.0. The van der Waals surface area contributed by atoms with Crippen molar-refractivity contribution in [2.24, 2.45) is 0 Å². The van der Waals surface area contributed by atoms with Gasteiger partial charge < -0.3 is 0 Å². The number of nitrogens with zero attached hydrogens (tertiary/aromatic N) is 1. The van der Waals surface area contributed by atoms with Gasteiger partial charge in [-0.2, -0.15) is 0 Å². The van der Waals surface area contributed by atoms with Crippen LogP contribution in [0.2, 0.25) is 5.02 Å². The number of carbonyl (C=O) groups is 1. The molecule has 0 saturated carbocycles. The molecule has 0 fully saturated rings. The fourth-order valence-corrected chi connectivity index (χ4v) is 5.12. The Morgan fingerprint density at radius 2 is 2.04 bits per heavy atom. The van der Waals surface area contributed by atoms with E-state index in [1.807, 2.05) is 24.3 Å². The van der Waals surface area contributed by atoms with Crippen LogP contribution in [0.25, 0.3) is 21.9 Å². The number of carbonyl (C=O) groups excluding carboxylic acids is 1. The third-order valence-electron chi connectivity index (χ3n) is 3.97. The second kappa shape index (κ2) is 6.68. The van der Waals surface area contributed by atoms with Crippen LogP contribution in [0.3, 0.4) is 0 Å². The van der Waals surface area contributed by atoms with Crippen LogP contribution in [0.1, 0.15) is 5.69 Å². The molecule has 2 heterocycles. The van der Waals surface area contributed by atoms with Crippen LogP contribution in [-0.2, 0) is 4.74 Å². The molecule has 0 saturated heterocycles. The molecule has 2 aromatic heterocycles. The molecule has 0 unspecified atom stereocenters. The van der Waals surface area contributed by atoms with Crippen molar-refractivity contribution in [3.8, 4) is 0 Å². The summed E-state index contributed by atoms with van der Waals surface area (Å²) in [5.41, 5.74) is 3.90. The molecule has 4 aromatic rings. The van der Waals surface area contributed by atoms with Crippen molar-refractivity contribution in [2.75, 3.05) is 12.4 Å². The molecule has 0 aliphatic rings. The Balaban J connectivity index is 1.68. The van der Waals surface area contributed by atoms with E-state index in [0.717, 1.165) is 32.7 Å². The Morgan fingerprint density at radius 3 is 2.85 bits per heavy atom. The molecule has 0 aliphatic carbocycles. The number of rotatable bonds is 3. The topological polar surface area (TPSA) is 82.8 Å². The summed E-state index contributed by atoms with van der Waals surface area (Å²) in [7, 11) is 1.31. The number of fused-ring (bicyclic) bond motifs is 2. The van der Waals surface area contributed by atoms with Crippen LogP contribution in [0.5, 0.6) is 0 Å². The van der Waals surface area contributed by atoms with Crippen LogP contribution < -0.4 is 14.2 Å². The number of benzene rings is 2. The molecule has 4 rings (SSSR count). The summed E-state index contributed by atoms with van der Waals surface area (Å²) in [5, 5.41) is 4.44. The third-order valence-corrected chi connectivity index (χ3v) is 6.76. The summed E-state index contributed by atoms with van der Waals surface area (Å²) in [6.45, 7) is 2.08. The molecule has 8 heteroatoms. The SMILES string of the molecule is COC(=O)Nc1nc2ccc([Se]c3c(C)[nH]c4ccc(Cl)cc34)cc2[nH]1. The summed E-state index contributed by atoms with van der Waals surface area (Å²) < 4.78 is 7.06. The number of imidazole rings is 1. The predicted octanol–water partition coefficient (Wildman–Crippen LogP) is 2.84. The second-order valence-electron chi connectivity index (χ2n) is 5.75. The number of aromatic amines is 2. The summed E-state index contributed by atoms with van der Waals surface area (Å²) in [4.78, 5) is 22.2. The quantitative estimate of drug-likeness (QED) is 0.434. The van der Waals surface area contributed by atoms with Gasteiger partial charge in [0.15, 0.2) is 0 Å². The summed E-state index contributed by atoms with van der Waals surface area (Å²) >= 11 is 6.27. The normalized spacial score (nSPS) is 11.2. The van der Waals surface area contributed by atoms with E-state index in [1.165, 1.54) is 16.0 Å². The number of ether oxygens (including phenoxy) is 1. The molecule has 132 valence electrons. The molecule has 26 heavy (non-hydrogen) atoms. The summed E-state index contributed by atoms with van der Waals surface area (Å²) in [6, 6.07) is 12.0. The Morgan fingerprint density at radius 1 is 1.19 bits per heavy atom. The Kier molecular flexibility index (Phi) is 4.36. The first-order chi connectivity index (χ1) is 12.5. The summed E-state index contributed by atoms with van der Waals surface area (Å²) in [6.07, 6.45) is -0.556. The maximum atomic E-state index is 11.3. The number of aromatic nitrogens is 3. The zero-order valence-electron chi connectivity index (χ0n) is 14.0. The number of amides is 1. The van der Waals surface area contributed by atoms with Crippen LogP contribution in [0, 0.1) is 6.92 Å². The Labute approximate surface area is 160 Å². The van der Waals surface area contributed by atoms with E-state index >= 15 is 0 Å². The minimum atomic E-state index is -0.556. The number of methoxy groups -OCH3 is 1. The molecule has 0 aliphatic heterocycles. The Hall–Kier alpha value is -2.47. The minimum absolute atomic E-state index is 0.0995. The predicted molar refractivity (Wildman–Crippen MR) is 105 cm³/mol. The molecule has 3 N–H and O–H groups in total. The number of nitrogens with one attached hydrogen (secondary N) is 3. The first-order valence-corrected chi connectivity index (χ1v) is 9.93. The van der Waals surface area contributed by atoms with E-state index in [9.17, 15) is 4.79 Å². The van der Waals surface area contributed by atoms with Gasteiger partial charge in [-0.1, -0.05) is 0 Å². The Bertz CT molecular complexity index is 1140. The van der Waals surface area contributed by atoms with E-state index in [-0.39, 0.29) is 15.0 Å². The van der Waals surface area contributed by atoms with Crippen LogP contribution in [-0.4, -0.2) is 43.1 Å². The molecular weight excluding hydrogens is 419 g/mol. The molecule has 6 nitrogen and oxygen atoms in total. The van der Waals surface area contributed by atoms with Crippen molar-refractivity contribution >= 4 is 69.5 Å². The molecule has 2 aromatic carbocycles. The van der Waals surface area contributed by atoms with Crippen molar-refractivity contribution in [2.45, 2.75) is 6.92 Å². The van der Waals surface area contributed by atoms with E-state index in [1.54, 1.807) is 0 Å². The van der Waals surface area contributed by atoms with Crippen LogP contribution in [0.4, 0.5) is 10.7 Å². The molecule has 0 bridgehead atoms. The van der Waals surface area contributed by atoms with Crippen molar-refractivity contribution < 1.29 is 9.53 Å². The van der Waals surface area contributed by atoms with Crippen LogP contribution in [0.15, 0.2) is 36.4 Å². The van der Waals surface area contributed by atoms with Gasteiger partial charge in [0.05, 0.1) is 0 Å². The summed E-state index contributed by atoms with van der Waals surface area (Å²) in [5.74, 6) is 0.367. The zero-order chi connectivity index (χ0) is 18.3. The molecule has 0 atom stereocenters. The van der Waals surface area contributed by atoms with Crippen molar-refractivity contribution in [1.29, 1.82) is 0 Å². The second-order valence-corrected chi connectivity index (χ2v) is 8.46. The van der Waals surface area contributed by atoms with Gasteiger partial charge in [0, 0.05) is 0 Å². The number of halogens is 1. The van der Waals surface area contributed by atoms with Crippen molar-refractivity contribution in [3.05, 3.63) is 47.1 Å². The average molecular weight is 434 g/mol. The molecule has 1 amide bonds. The van der Waals surface area contributed by atoms with Gasteiger partial charge in [0.1, 0.15) is 0 Å². The molecule has 0 radical (unpaired) electrons. The number of hydrogen-bond donors (Lipinski definition) is 3. The van der Waals surface area contributed by atoms with E-state index in [4.69, 9.17) is 11.6 Å². The standard InChI is InChI=1S/C18H15ClN4O2Se/c1-9-16(12-7-10(19)3-5-13(12)20-9)26-11-4-6-14-15(8-11)22-17(21-14)23-18(24)25-2/h3-8,20H,1-2H3,(H2,21,22,23,24). The van der Waals surface area contributed by atoms with Gasteiger partial charge in [0.25, 0.3) is 0 Å². The monoisotopic (exact) mass is 434 g/mol. The number of H-pyrrole nitrogens is 2. The van der Waals surface area contributed by atoms with Gasteiger partial charge in [-0.3, -0.25) is 0 Å². The van der Waals surface area contributed by atoms with Gasteiger partial charge >= 0.3 is 160 Å². The van der Waals surface area contributed by atoms with E-state index in [0.29, 0.717) is 5.95 Å². The molecular formula is C18H15ClN4O2Se. The third kappa shape index (κ3) is 3.17. The van der Waals surface area contributed by atoms with Crippen molar-refractivity contribution in [1.82, 2.24) is 15.0 Å². The fourth-order valence-electron chi connectivity index (χ4n) is 2.78. The fraction of sp³-hybridized carbons (Fsp3) is 0.111. The van der Waals surface area contributed by atoms with Gasteiger partial charge in [-0.15, -0.1) is 0 Å². The number of hydrogen-bond acceptors (Lipinski definition) is 3. The van der Waals surface area contributed by atoms with Crippen molar-refractivity contribution in [3.63, 3.8) is 0 Å². The van der Waals surface area contributed by atoms with Gasteiger partial charge in [0.2, 0.25) is 0 Å².